The number of hydrogen-bond acceptors (Lipinski definition) is 5. The molecule has 0 bridgehead atoms. The molecule has 1 aromatic rings. The maximum atomic E-state index is 10.9. The molecule has 0 spiro atoms. The molecule has 1 aliphatic rings. The first-order valence-corrected chi connectivity index (χ1v) is 5.19. The maximum absolute atomic E-state index is 10.9. The number of methoxy groups -OCH3 is 1. The molecule has 1 aromatic carbocycles. The van der Waals surface area contributed by atoms with E-state index in [0.29, 0.717) is 28.9 Å². The van der Waals surface area contributed by atoms with Gasteiger partial charge in [-0.3, -0.25) is 9.59 Å². The summed E-state index contributed by atoms with van der Waals surface area (Å²) in [4.78, 5) is 21.8. The van der Waals surface area contributed by atoms with E-state index >= 15 is 0 Å². The lowest BCUT2D eigenvalue weighted by molar-refractivity contribution is -0.139. The van der Waals surface area contributed by atoms with Crippen molar-refractivity contribution in [3.05, 3.63) is 23.3 Å². The fourth-order valence-corrected chi connectivity index (χ4v) is 1.45. The fraction of sp³-hybridized carbons (Fsp3) is 0.231. The van der Waals surface area contributed by atoms with E-state index in [-0.39, 0.29) is 13.2 Å². The molecule has 0 unspecified atom stereocenters. The van der Waals surface area contributed by atoms with Crippen molar-refractivity contribution in [2.45, 2.75) is 6.42 Å². The summed E-state index contributed by atoms with van der Waals surface area (Å²) in [5, 5.41) is 0. The van der Waals surface area contributed by atoms with Crippen molar-refractivity contribution >= 4 is 12.3 Å². The van der Waals surface area contributed by atoms with E-state index < -0.39 is 5.97 Å². The van der Waals surface area contributed by atoms with Gasteiger partial charge in [0.25, 0.3) is 0 Å². The molecule has 0 fully saturated rings. The van der Waals surface area contributed by atoms with Crippen LogP contribution in [0.3, 0.4) is 0 Å². The molecular formula is C13H10O5. The molecule has 0 aromatic heterocycles. The van der Waals surface area contributed by atoms with Crippen molar-refractivity contribution < 1.29 is 23.8 Å². The smallest absolute Gasteiger partial charge is 0.317 e. The first-order chi connectivity index (χ1) is 8.74. The van der Waals surface area contributed by atoms with Gasteiger partial charge in [-0.15, -0.1) is 0 Å². The second-order valence-electron chi connectivity index (χ2n) is 3.47. The maximum Gasteiger partial charge on any atom is 0.317 e. The zero-order valence-electron chi connectivity index (χ0n) is 9.69. The number of ether oxygens (including phenoxy) is 3. The zero-order valence-corrected chi connectivity index (χ0v) is 9.69. The van der Waals surface area contributed by atoms with Crippen LogP contribution >= 0.6 is 0 Å². The number of esters is 1. The van der Waals surface area contributed by atoms with E-state index in [2.05, 4.69) is 16.6 Å². The van der Waals surface area contributed by atoms with Crippen molar-refractivity contribution in [1.29, 1.82) is 0 Å². The molecule has 18 heavy (non-hydrogen) atoms. The largest absolute Gasteiger partial charge is 0.468 e. The van der Waals surface area contributed by atoms with Gasteiger partial charge in [0.1, 0.15) is 6.42 Å². The minimum atomic E-state index is -0.420. The van der Waals surface area contributed by atoms with Gasteiger partial charge in [-0.1, -0.05) is 11.8 Å². The molecule has 0 saturated heterocycles. The number of carbonyl (C=O) groups is 2. The minimum Gasteiger partial charge on any atom is -0.468 e. The van der Waals surface area contributed by atoms with E-state index in [4.69, 9.17) is 9.47 Å². The molecule has 0 amide bonds. The van der Waals surface area contributed by atoms with Crippen LogP contribution in [0, 0.1) is 11.8 Å². The van der Waals surface area contributed by atoms with Gasteiger partial charge in [-0.05, 0) is 6.07 Å². The number of carbonyl (C=O) groups excluding carboxylic acids is 2. The van der Waals surface area contributed by atoms with Gasteiger partial charge in [0, 0.05) is 17.2 Å². The van der Waals surface area contributed by atoms with Gasteiger partial charge >= 0.3 is 5.97 Å². The van der Waals surface area contributed by atoms with Crippen LogP contribution in [0.25, 0.3) is 0 Å². The first kappa shape index (κ1) is 12.0. The second-order valence-corrected chi connectivity index (χ2v) is 3.47. The van der Waals surface area contributed by atoms with Crippen LogP contribution in [0.2, 0.25) is 0 Å². The topological polar surface area (TPSA) is 61.8 Å². The van der Waals surface area contributed by atoms with Crippen LogP contribution in [-0.4, -0.2) is 26.2 Å². The SMILES string of the molecule is COC(=O)CC#Cc1cc2c(cc1C=O)OCO2. The zero-order chi connectivity index (χ0) is 13.0. The predicted octanol–water partition coefficient (Wildman–Crippen LogP) is 1.14. The van der Waals surface area contributed by atoms with E-state index in [1.807, 2.05) is 0 Å². The average Bonchev–Trinajstić information content (AvgIpc) is 2.84. The Morgan fingerprint density at radius 2 is 2.17 bits per heavy atom. The molecule has 1 aliphatic heterocycles. The Morgan fingerprint density at radius 1 is 1.44 bits per heavy atom. The highest BCUT2D eigenvalue weighted by Gasteiger charge is 2.16. The summed E-state index contributed by atoms with van der Waals surface area (Å²) in [5.74, 6) is 6.03. The predicted molar refractivity (Wildman–Crippen MR) is 61.5 cm³/mol. The monoisotopic (exact) mass is 246 g/mol. The molecule has 5 heteroatoms. The van der Waals surface area contributed by atoms with Crippen LogP contribution in [-0.2, 0) is 9.53 Å². The third kappa shape index (κ3) is 2.43. The molecule has 92 valence electrons. The third-order valence-corrected chi connectivity index (χ3v) is 2.36. The summed E-state index contributed by atoms with van der Waals surface area (Å²) in [6.45, 7) is 0.132. The molecular weight excluding hydrogens is 236 g/mol. The fourth-order valence-electron chi connectivity index (χ4n) is 1.45. The molecule has 5 nitrogen and oxygen atoms in total. The van der Waals surface area contributed by atoms with Crippen molar-refractivity contribution in [2.75, 3.05) is 13.9 Å². The lowest BCUT2D eigenvalue weighted by atomic mass is 10.1. The highest BCUT2D eigenvalue weighted by Crippen LogP contribution is 2.34. The summed E-state index contributed by atoms with van der Waals surface area (Å²) in [6.07, 6.45) is 0.660. The average molecular weight is 246 g/mol. The van der Waals surface area contributed by atoms with Crippen molar-refractivity contribution in [2.24, 2.45) is 0 Å². The molecule has 0 aliphatic carbocycles. The van der Waals surface area contributed by atoms with Gasteiger partial charge < -0.3 is 14.2 Å². The van der Waals surface area contributed by atoms with Crippen LogP contribution in [0.5, 0.6) is 11.5 Å². The summed E-state index contributed by atoms with van der Waals surface area (Å²) < 4.78 is 14.8. The van der Waals surface area contributed by atoms with Gasteiger partial charge in [-0.25, -0.2) is 0 Å². The summed E-state index contributed by atoms with van der Waals surface area (Å²) >= 11 is 0. The number of aldehydes is 1. The van der Waals surface area contributed by atoms with Crippen molar-refractivity contribution in [3.8, 4) is 23.3 Å². The number of rotatable bonds is 2. The highest BCUT2D eigenvalue weighted by molar-refractivity contribution is 5.82. The number of hydrogen-bond donors (Lipinski definition) is 0. The second kappa shape index (κ2) is 5.23. The molecule has 0 radical (unpaired) electrons. The van der Waals surface area contributed by atoms with E-state index in [9.17, 15) is 9.59 Å². The Balaban J connectivity index is 2.27. The summed E-state index contributed by atoms with van der Waals surface area (Å²) in [5.41, 5.74) is 0.898. The molecule has 0 saturated carbocycles. The molecule has 1 heterocycles. The molecule has 0 atom stereocenters. The molecule has 0 N–H and O–H groups in total. The quantitative estimate of drug-likeness (QED) is 0.445. The van der Waals surface area contributed by atoms with Gasteiger partial charge in [0.2, 0.25) is 6.79 Å². The van der Waals surface area contributed by atoms with E-state index in [0.717, 1.165) is 0 Å². The highest BCUT2D eigenvalue weighted by atomic mass is 16.7. The Hall–Kier alpha value is -2.48. The third-order valence-electron chi connectivity index (χ3n) is 2.36. The van der Waals surface area contributed by atoms with Gasteiger partial charge in [0.05, 0.1) is 7.11 Å². The minimum absolute atomic E-state index is 0.0246. The Bertz CT molecular complexity index is 550. The van der Waals surface area contributed by atoms with Crippen molar-refractivity contribution in [1.82, 2.24) is 0 Å². The van der Waals surface area contributed by atoms with Crippen LogP contribution in [0.15, 0.2) is 12.1 Å². The Labute approximate surface area is 104 Å². The van der Waals surface area contributed by atoms with Crippen LogP contribution in [0.1, 0.15) is 22.3 Å². The molecule has 2 rings (SSSR count). The first-order valence-electron chi connectivity index (χ1n) is 5.19. The van der Waals surface area contributed by atoms with Crippen LogP contribution in [0.4, 0.5) is 0 Å². The standard InChI is InChI=1S/C13H10O5/c1-16-13(15)4-2-3-9-5-11-12(18-8-17-11)6-10(9)7-14/h5-7H,4,8H2,1H3. The lowest BCUT2D eigenvalue weighted by Gasteiger charge is -2.00. The lowest BCUT2D eigenvalue weighted by Crippen LogP contribution is -1.97. The van der Waals surface area contributed by atoms with Gasteiger partial charge in [0.15, 0.2) is 17.8 Å². The van der Waals surface area contributed by atoms with E-state index in [1.165, 1.54) is 7.11 Å². The Morgan fingerprint density at radius 3 is 2.83 bits per heavy atom. The van der Waals surface area contributed by atoms with Gasteiger partial charge in [-0.2, -0.15) is 0 Å². The Kier molecular flexibility index (Phi) is 3.49. The van der Waals surface area contributed by atoms with E-state index in [1.54, 1.807) is 12.1 Å². The number of benzene rings is 1. The summed E-state index contributed by atoms with van der Waals surface area (Å²) in [7, 11) is 1.29. The van der Waals surface area contributed by atoms with Crippen molar-refractivity contribution in [3.63, 3.8) is 0 Å². The summed E-state index contributed by atoms with van der Waals surface area (Å²) in [6, 6.07) is 3.19. The number of fused-ring (bicyclic) bond motifs is 1. The van der Waals surface area contributed by atoms with Crippen LogP contribution < -0.4 is 9.47 Å². The normalized spacial score (nSPS) is 11.4.